The lowest BCUT2D eigenvalue weighted by atomic mass is 9.86. The van der Waals surface area contributed by atoms with Crippen molar-refractivity contribution in [3.05, 3.63) is 0 Å². The van der Waals surface area contributed by atoms with Crippen LogP contribution in [-0.4, -0.2) is 75.4 Å². The number of nitrogens with one attached hydrogen (secondary N) is 1. The maximum atomic E-state index is 5.69. The van der Waals surface area contributed by atoms with E-state index in [2.05, 4.69) is 36.0 Å². The van der Waals surface area contributed by atoms with E-state index in [0.29, 0.717) is 11.5 Å². The number of ether oxygens (including phenoxy) is 1. The monoisotopic (exact) mass is 283 g/mol. The highest BCUT2D eigenvalue weighted by atomic mass is 16.5. The summed E-state index contributed by atoms with van der Waals surface area (Å²) < 4.78 is 5.69. The molecule has 1 atom stereocenters. The molecule has 2 saturated heterocycles. The van der Waals surface area contributed by atoms with E-state index in [1.54, 1.807) is 0 Å². The lowest BCUT2D eigenvalue weighted by Gasteiger charge is -2.34. The molecular weight excluding hydrogens is 250 g/mol. The summed E-state index contributed by atoms with van der Waals surface area (Å²) in [6.45, 7) is 13.5. The van der Waals surface area contributed by atoms with Crippen molar-refractivity contribution in [2.45, 2.75) is 39.2 Å². The number of likely N-dealkylation sites (tertiary alicyclic amines) is 1. The molecule has 0 aliphatic carbocycles. The number of rotatable bonds is 8. The number of hydrogen-bond acceptors (Lipinski definition) is 4. The Morgan fingerprint density at radius 3 is 2.65 bits per heavy atom. The highest BCUT2D eigenvalue weighted by Gasteiger charge is 2.35. The Hall–Kier alpha value is -0.160. The first-order valence-electron chi connectivity index (χ1n) is 8.32. The van der Waals surface area contributed by atoms with Crippen molar-refractivity contribution < 1.29 is 4.74 Å². The van der Waals surface area contributed by atoms with Crippen molar-refractivity contribution in [2.24, 2.45) is 5.41 Å². The average molecular weight is 283 g/mol. The van der Waals surface area contributed by atoms with Crippen molar-refractivity contribution in [1.29, 1.82) is 0 Å². The molecule has 0 aromatic heterocycles. The van der Waals surface area contributed by atoms with E-state index in [0.717, 1.165) is 26.3 Å². The van der Waals surface area contributed by atoms with Crippen LogP contribution in [0.5, 0.6) is 0 Å². The second kappa shape index (κ2) is 7.74. The van der Waals surface area contributed by atoms with Crippen LogP contribution in [-0.2, 0) is 4.74 Å². The number of hydrogen-bond donors (Lipinski definition) is 1. The first-order chi connectivity index (χ1) is 9.60. The average Bonchev–Trinajstić information content (AvgIpc) is 3.06. The lowest BCUT2D eigenvalue weighted by Crippen LogP contribution is -2.46. The van der Waals surface area contributed by atoms with Crippen molar-refractivity contribution in [2.75, 3.05) is 59.5 Å². The van der Waals surface area contributed by atoms with Gasteiger partial charge in [0.2, 0.25) is 0 Å². The van der Waals surface area contributed by atoms with Gasteiger partial charge in [0, 0.05) is 44.2 Å². The molecule has 1 N–H and O–H groups in total. The topological polar surface area (TPSA) is 27.7 Å². The molecule has 0 saturated carbocycles. The SMILES string of the molecule is CC(C)NCC1(CN(C)CCN2CCCC2)CCOC1. The molecule has 0 radical (unpaired) electrons. The molecule has 4 heteroatoms. The van der Waals surface area contributed by atoms with E-state index in [4.69, 9.17) is 4.74 Å². The fraction of sp³-hybridized carbons (Fsp3) is 1.00. The zero-order chi connectivity index (χ0) is 14.4. The minimum absolute atomic E-state index is 0.323. The van der Waals surface area contributed by atoms with Gasteiger partial charge in [-0.05, 0) is 39.4 Å². The van der Waals surface area contributed by atoms with Crippen LogP contribution in [0.3, 0.4) is 0 Å². The highest BCUT2D eigenvalue weighted by molar-refractivity contribution is 4.88. The van der Waals surface area contributed by atoms with Crippen LogP contribution in [0.4, 0.5) is 0 Å². The highest BCUT2D eigenvalue weighted by Crippen LogP contribution is 2.29. The molecule has 0 bridgehead atoms. The third-order valence-corrected chi connectivity index (χ3v) is 4.67. The van der Waals surface area contributed by atoms with Crippen LogP contribution >= 0.6 is 0 Å². The summed E-state index contributed by atoms with van der Waals surface area (Å²) in [4.78, 5) is 5.11. The molecular formula is C16H33N3O. The minimum atomic E-state index is 0.323. The standard InChI is InChI=1S/C16H33N3O/c1-15(2)17-12-16(6-11-20-14-16)13-18(3)9-10-19-7-4-5-8-19/h15,17H,4-14H2,1-3H3. The third kappa shape index (κ3) is 4.99. The Labute approximate surface area is 124 Å². The Bertz CT molecular complexity index is 271. The first-order valence-corrected chi connectivity index (χ1v) is 8.32. The van der Waals surface area contributed by atoms with Crippen LogP contribution < -0.4 is 5.32 Å². The van der Waals surface area contributed by atoms with Crippen molar-refractivity contribution in [3.8, 4) is 0 Å². The molecule has 2 fully saturated rings. The fourth-order valence-electron chi connectivity index (χ4n) is 3.36. The van der Waals surface area contributed by atoms with Crippen molar-refractivity contribution in [3.63, 3.8) is 0 Å². The van der Waals surface area contributed by atoms with Crippen molar-refractivity contribution >= 4 is 0 Å². The van der Waals surface area contributed by atoms with E-state index in [1.807, 2.05) is 0 Å². The van der Waals surface area contributed by atoms with Crippen molar-refractivity contribution in [1.82, 2.24) is 15.1 Å². The van der Waals surface area contributed by atoms with Gasteiger partial charge in [0.05, 0.1) is 6.61 Å². The van der Waals surface area contributed by atoms with Gasteiger partial charge in [0.15, 0.2) is 0 Å². The molecule has 0 aromatic carbocycles. The largest absolute Gasteiger partial charge is 0.381 e. The van der Waals surface area contributed by atoms with Gasteiger partial charge in [-0.1, -0.05) is 13.8 Å². The van der Waals surface area contributed by atoms with Gasteiger partial charge < -0.3 is 19.9 Å². The summed E-state index contributed by atoms with van der Waals surface area (Å²) in [5.41, 5.74) is 0.323. The fourth-order valence-corrected chi connectivity index (χ4v) is 3.36. The van der Waals surface area contributed by atoms with Crippen LogP contribution in [0.25, 0.3) is 0 Å². The van der Waals surface area contributed by atoms with E-state index in [9.17, 15) is 0 Å². The molecule has 1 unspecified atom stereocenters. The van der Waals surface area contributed by atoms with Crippen LogP contribution in [0, 0.1) is 5.41 Å². The smallest absolute Gasteiger partial charge is 0.0547 e. The zero-order valence-corrected chi connectivity index (χ0v) is 13.7. The molecule has 20 heavy (non-hydrogen) atoms. The summed E-state index contributed by atoms with van der Waals surface area (Å²) in [5.74, 6) is 0. The summed E-state index contributed by atoms with van der Waals surface area (Å²) in [6, 6.07) is 0.558. The third-order valence-electron chi connectivity index (χ3n) is 4.67. The molecule has 2 heterocycles. The predicted octanol–water partition coefficient (Wildman–Crippen LogP) is 1.42. The zero-order valence-electron chi connectivity index (χ0n) is 13.7. The molecule has 2 aliphatic rings. The molecule has 0 spiro atoms. The van der Waals surface area contributed by atoms with Gasteiger partial charge in [-0.15, -0.1) is 0 Å². The molecule has 0 amide bonds. The molecule has 0 aromatic rings. The predicted molar refractivity (Wildman–Crippen MR) is 84.2 cm³/mol. The summed E-state index contributed by atoms with van der Waals surface area (Å²) in [6.07, 6.45) is 3.97. The second-order valence-corrected chi connectivity index (χ2v) is 7.12. The molecule has 2 aliphatic heterocycles. The van der Waals surface area contributed by atoms with Gasteiger partial charge in [-0.3, -0.25) is 0 Å². The van der Waals surface area contributed by atoms with E-state index in [-0.39, 0.29) is 0 Å². The second-order valence-electron chi connectivity index (χ2n) is 7.12. The maximum Gasteiger partial charge on any atom is 0.0547 e. The normalized spacial score (nSPS) is 28.1. The van der Waals surface area contributed by atoms with E-state index < -0.39 is 0 Å². The Balaban J connectivity index is 1.74. The minimum Gasteiger partial charge on any atom is -0.381 e. The maximum absolute atomic E-state index is 5.69. The summed E-state index contributed by atoms with van der Waals surface area (Å²) >= 11 is 0. The molecule has 118 valence electrons. The molecule has 4 nitrogen and oxygen atoms in total. The Morgan fingerprint density at radius 2 is 2.05 bits per heavy atom. The van der Waals surface area contributed by atoms with Gasteiger partial charge in [-0.25, -0.2) is 0 Å². The van der Waals surface area contributed by atoms with Gasteiger partial charge in [0.25, 0.3) is 0 Å². The van der Waals surface area contributed by atoms with Crippen LogP contribution in [0.15, 0.2) is 0 Å². The number of nitrogens with zero attached hydrogens (tertiary/aromatic N) is 2. The quantitative estimate of drug-likeness (QED) is 0.729. The van der Waals surface area contributed by atoms with Crippen LogP contribution in [0.2, 0.25) is 0 Å². The van der Waals surface area contributed by atoms with Gasteiger partial charge in [-0.2, -0.15) is 0 Å². The molecule has 2 rings (SSSR count). The summed E-state index contributed by atoms with van der Waals surface area (Å²) in [7, 11) is 2.27. The van der Waals surface area contributed by atoms with E-state index >= 15 is 0 Å². The lowest BCUT2D eigenvalue weighted by molar-refractivity contribution is 0.113. The summed E-state index contributed by atoms with van der Waals surface area (Å²) in [5, 5.41) is 3.61. The van der Waals surface area contributed by atoms with Crippen LogP contribution in [0.1, 0.15) is 33.1 Å². The Kier molecular flexibility index (Phi) is 6.27. The van der Waals surface area contributed by atoms with Gasteiger partial charge >= 0.3 is 0 Å². The van der Waals surface area contributed by atoms with E-state index in [1.165, 1.54) is 45.4 Å². The Morgan fingerprint density at radius 1 is 1.30 bits per heavy atom. The van der Waals surface area contributed by atoms with Gasteiger partial charge in [0.1, 0.15) is 0 Å². The first kappa shape index (κ1) is 16.2. The number of likely N-dealkylation sites (N-methyl/N-ethyl adjacent to an activating group) is 1.